The molecule has 0 aromatic carbocycles. The van der Waals surface area contributed by atoms with E-state index in [0.29, 0.717) is 6.04 Å². The van der Waals surface area contributed by atoms with Crippen molar-refractivity contribution < 1.29 is 0 Å². The van der Waals surface area contributed by atoms with Crippen molar-refractivity contribution in [2.75, 3.05) is 18.4 Å². The molecule has 0 spiro atoms. The number of likely N-dealkylation sites (tertiary alicyclic amines) is 1. The SMILES string of the molecule is CCNc1ncccc1CN1CC(C)CC(C)C1C. The summed E-state index contributed by atoms with van der Waals surface area (Å²) in [6, 6.07) is 4.89. The van der Waals surface area contributed by atoms with Crippen LogP contribution in [0, 0.1) is 11.8 Å². The van der Waals surface area contributed by atoms with Gasteiger partial charge in [-0.3, -0.25) is 4.90 Å². The maximum absolute atomic E-state index is 4.46. The van der Waals surface area contributed by atoms with Crippen LogP contribution in [0.3, 0.4) is 0 Å². The van der Waals surface area contributed by atoms with Crippen LogP contribution in [0.25, 0.3) is 0 Å². The molecule has 3 unspecified atom stereocenters. The third kappa shape index (κ3) is 3.47. The summed E-state index contributed by atoms with van der Waals surface area (Å²) in [6.45, 7) is 12.3. The number of hydrogen-bond donors (Lipinski definition) is 1. The van der Waals surface area contributed by atoms with Crippen LogP contribution < -0.4 is 5.32 Å². The summed E-state index contributed by atoms with van der Waals surface area (Å²) in [6.07, 6.45) is 3.22. The summed E-state index contributed by atoms with van der Waals surface area (Å²) >= 11 is 0. The number of aromatic nitrogens is 1. The Hall–Kier alpha value is -1.09. The molecule has 2 rings (SSSR count). The molecule has 1 aromatic rings. The predicted molar refractivity (Wildman–Crippen MR) is 81.2 cm³/mol. The van der Waals surface area contributed by atoms with Crippen molar-refractivity contribution in [3.63, 3.8) is 0 Å². The van der Waals surface area contributed by atoms with E-state index in [2.05, 4.69) is 49.0 Å². The topological polar surface area (TPSA) is 28.2 Å². The van der Waals surface area contributed by atoms with Gasteiger partial charge in [-0.05, 0) is 38.2 Å². The molecule has 1 N–H and O–H groups in total. The molecule has 3 atom stereocenters. The minimum absolute atomic E-state index is 0.658. The lowest BCUT2D eigenvalue weighted by Gasteiger charge is -2.41. The maximum atomic E-state index is 4.46. The number of pyridine rings is 1. The third-order valence-corrected chi connectivity index (χ3v) is 4.33. The van der Waals surface area contributed by atoms with Crippen molar-refractivity contribution in [2.24, 2.45) is 11.8 Å². The molecule has 3 heteroatoms. The third-order valence-electron chi connectivity index (χ3n) is 4.33. The monoisotopic (exact) mass is 261 g/mol. The van der Waals surface area contributed by atoms with Crippen LogP contribution in [0.15, 0.2) is 18.3 Å². The Morgan fingerprint density at radius 2 is 2.16 bits per heavy atom. The van der Waals surface area contributed by atoms with E-state index in [4.69, 9.17) is 0 Å². The van der Waals surface area contributed by atoms with Gasteiger partial charge in [0.15, 0.2) is 0 Å². The van der Waals surface area contributed by atoms with Gasteiger partial charge in [0.05, 0.1) is 0 Å². The van der Waals surface area contributed by atoms with E-state index in [-0.39, 0.29) is 0 Å². The number of hydrogen-bond acceptors (Lipinski definition) is 3. The molecule has 1 aromatic heterocycles. The fraction of sp³-hybridized carbons (Fsp3) is 0.688. The second-order valence-electron chi connectivity index (χ2n) is 6.03. The summed E-state index contributed by atoms with van der Waals surface area (Å²) in [4.78, 5) is 7.07. The van der Waals surface area contributed by atoms with Crippen molar-refractivity contribution >= 4 is 5.82 Å². The largest absolute Gasteiger partial charge is 0.370 e. The Labute approximate surface area is 117 Å². The highest BCUT2D eigenvalue weighted by molar-refractivity contribution is 5.43. The van der Waals surface area contributed by atoms with Crippen molar-refractivity contribution in [1.29, 1.82) is 0 Å². The Morgan fingerprint density at radius 1 is 1.37 bits per heavy atom. The van der Waals surface area contributed by atoms with E-state index in [0.717, 1.165) is 30.7 Å². The number of piperidine rings is 1. The van der Waals surface area contributed by atoms with Gasteiger partial charge in [0, 0.05) is 37.4 Å². The average Bonchev–Trinajstić information content (AvgIpc) is 2.38. The van der Waals surface area contributed by atoms with E-state index in [1.165, 1.54) is 18.5 Å². The molecule has 1 fully saturated rings. The van der Waals surface area contributed by atoms with E-state index >= 15 is 0 Å². The number of anilines is 1. The summed E-state index contributed by atoms with van der Waals surface area (Å²) in [7, 11) is 0. The average molecular weight is 261 g/mol. The predicted octanol–water partition coefficient (Wildman–Crippen LogP) is 3.38. The van der Waals surface area contributed by atoms with Crippen LogP contribution in [-0.4, -0.2) is 29.0 Å². The van der Waals surface area contributed by atoms with Gasteiger partial charge < -0.3 is 5.32 Å². The molecule has 106 valence electrons. The summed E-state index contributed by atoms with van der Waals surface area (Å²) in [5.41, 5.74) is 1.32. The summed E-state index contributed by atoms with van der Waals surface area (Å²) < 4.78 is 0. The van der Waals surface area contributed by atoms with Crippen LogP contribution in [0.5, 0.6) is 0 Å². The second-order valence-corrected chi connectivity index (χ2v) is 6.03. The van der Waals surface area contributed by atoms with Crippen molar-refractivity contribution in [2.45, 2.75) is 46.7 Å². The quantitative estimate of drug-likeness (QED) is 0.900. The zero-order valence-corrected chi connectivity index (χ0v) is 12.7. The molecule has 0 radical (unpaired) electrons. The van der Waals surface area contributed by atoms with Gasteiger partial charge in [-0.25, -0.2) is 4.98 Å². The molecule has 2 heterocycles. The van der Waals surface area contributed by atoms with Gasteiger partial charge in [-0.2, -0.15) is 0 Å². The highest BCUT2D eigenvalue weighted by atomic mass is 15.2. The molecule has 0 aliphatic carbocycles. The molecular weight excluding hydrogens is 234 g/mol. The lowest BCUT2D eigenvalue weighted by Crippen LogP contribution is -2.45. The van der Waals surface area contributed by atoms with Crippen molar-refractivity contribution in [3.8, 4) is 0 Å². The first-order valence-electron chi connectivity index (χ1n) is 7.53. The lowest BCUT2D eigenvalue weighted by atomic mass is 9.86. The highest BCUT2D eigenvalue weighted by Gasteiger charge is 2.28. The standard InChI is InChI=1S/C16H27N3/c1-5-17-16-15(7-6-8-18-16)11-19-10-12(2)9-13(3)14(19)4/h6-8,12-14H,5,9-11H2,1-4H3,(H,17,18). The molecule has 1 saturated heterocycles. The van der Waals surface area contributed by atoms with Gasteiger partial charge in [0.2, 0.25) is 0 Å². The number of rotatable bonds is 4. The van der Waals surface area contributed by atoms with E-state index in [9.17, 15) is 0 Å². The zero-order valence-electron chi connectivity index (χ0n) is 12.7. The molecule has 0 saturated carbocycles. The van der Waals surface area contributed by atoms with Crippen LogP contribution >= 0.6 is 0 Å². The Morgan fingerprint density at radius 3 is 2.89 bits per heavy atom. The zero-order chi connectivity index (χ0) is 13.8. The van der Waals surface area contributed by atoms with Crippen LogP contribution in [-0.2, 0) is 6.54 Å². The van der Waals surface area contributed by atoms with Crippen LogP contribution in [0.1, 0.15) is 39.7 Å². The Balaban J connectivity index is 2.11. The summed E-state index contributed by atoms with van der Waals surface area (Å²) in [5, 5.41) is 3.37. The lowest BCUT2D eigenvalue weighted by molar-refractivity contribution is 0.0730. The smallest absolute Gasteiger partial charge is 0.130 e. The van der Waals surface area contributed by atoms with Gasteiger partial charge in [0.1, 0.15) is 5.82 Å². The fourth-order valence-electron chi connectivity index (χ4n) is 3.15. The van der Waals surface area contributed by atoms with E-state index in [1.807, 2.05) is 12.3 Å². The Kier molecular flexibility index (Phi) is 4.81. The fourth-order valence-corrected chi connectivity index (χ4v) is 3.15. The van der Waals surface area contributed by atoms with Gasteiger partial charge in [-0.1, -0.05) is 19.9 Å². The normalized spacial score (nSPS) is 28.3. The van der Waals surface area contributed by atoms with Crippen LogP contribution in [0.2, 0.25) is 0 Å². The highest BCUT2D eigenvalue weighted by Crippen LogP contribution is 2.29. The first-order valence-corrected chi connectivity index (χ1v) is 7.53. The molecule has 19 heavy (non-hydrogen) atoms. The molecular formula is C16H27N3. The minimum Gasteiger partial charge on any atom is -0.370 e. The molecule has 1 aliphatic heterocycles. The molecule has 1 aliphatic rings. The van der Waals surface area contributed by atoms with Gasteiger partial charge >= 0.3 is 0 Å². The first-order chi connectivity index (χ1) is 9.11. The van der Waals surface area contributed by atoms with Gasteiger partial charge in [0.25, 0.3) is 0 Å². The maximum Gasteiger partial charge on any atom is 0.130 e. The minimum atomic E-state index is 0.658. The van der Waals surface area contributed by atoms with Crippen molar-refractivity contribution in [1.82, 2.24) is 9.88 Å². The summed E-state index contributed by atoms with van der Waals surface area (Å²) in [5.74, 6) is 2.62. The number of nitrogens with one attached hydrogen (secondary N) is 1. The second kappa shape index (κ2) is 6.38. The molecule has 0 bridgehead atoms. The van der Waals surface area contributed by atoms with E-state index < -0.39 is 0 Å². The van der Waals surface area contributed by atoms with Crippen LogP contribution in [0.4, 0.5) is 5.82 Å². The Bertz CT molecular complexity index is 405. The van der Waals surface area contributed by atoms with Gasteiger partial charge in [-0.15, -0.1) is 0 Å². The van der Waals surface area contributed by atoms with Crippen molar-refractivity contribution in [3.05, 3.63) is 23.9 Å². The first kappa shape index (κ1) is 14.3. The number of nitrogens with zero attached hydrogens (tertiary/aromatic N) is 2. The molecule has 0 amide bonds. The molecule has 3 nitrogen and oxygen atoms in total. The van der Waals surface area contributed by atoms with E-state index in [1.54, 1.807) is 0 Å².